The first-order chi connectivity index (χ1) is 9.90. The van der Waals surface area contributed by atoms with E-state index in [1.165, 1.54) is 17.7 Å². The first-order valence-electron chi connectivity index (χ1n) is 6.49. The molecule has 2 heterocycles. The molecule has 0 unspecified atom stereocenters. The maximum Gasteiger partial charge on any atom is 0.419 e. The van der Waals surface area contributed by atoms with Crippen LogP contribution >= 0.6 is 0 Å². The molecule has 4 nitrogen and oxygen atoms in total. The number of halogens is 3. The minimum Gasteiger partial charge on any atom is -0.366 e. The van der Waals surface area contributed by atoms with Crippen molar-refractivity contribution in [2.75, 3.05) is 32.0 Å². The Balaban J connectivity index is 2.07. The summed E-state index contributed by atoms with van der Waals surface area (Å²) in [5.41, 5.74) is -0.424. The summed E-state index contributed by atoms with van der Waals surface area (Å²) < 4.78 is 38.0. The lowest BCUT2D eigenvalue weighted by molar-refractivity contribution is -0.138. The molecule has 0 saturated heterocycles. The van der Waals surface area contributed by atoms with Gasteiger partial charge in [-0.25, -0.2) is 4.98 Å². The molecule has 1 aromatic rings. The zero-order chi connectivity index (χ0) is 15.5. The normalized spacial score (nSPS) is 16.2. The zero-order valence-electron chi connectivity index (χ0n) is 11.5. The number of pyridine rings is 1. The third-order valence-electron chi connectivity index (χ3n) is 3.31. The number of aromatic nitrogens is 1. The Morgan fingerprint density at radius 1 is 1.43 bits per heavy atom. The highest BCUT2D eigenvalue weighted by molar-refractivity contribution is 5.45. The Morgan fingerprint density at radius 2 is 2.19 bits per heavy atom. The molecule has 1 aliphatic heterocycles. The van der Waals surface area contributed by atoms with Crippen molar-refractivity contribution in [3.8, 4) is 6.07 Å². The largest absolute Gasteiger partial charge is 0.419 e. The lowest BCUT2D eigenvalue weighted by Gasteiger charge is -2.22. The maximum absolute atomic E-state index is 12.7. The van der Waals surface area contributed by atoms with Crippen LogP contribution in [0.5, 0.6) is 0 Å². The van der Waals surface area contributed by atoms with Gasteiger partial charge in [-0.15, -0.1) is 0 Å². The summed E-state index contributed by atoms with van der Waals surface area (Å²) in [5, 5.41) is 11.8. The summed E-state index contributed by atoms with van der Waals surface area (Å²) in [6.07, 6.45) is -1.56. The van der Waals surface area contributed by atoms with Crippen molar-refractivity contribution in [3.63, 3.8) is 0 Å². The van der Waals surface area contributed by atoms with Gasteiger partial charge in [0.2, 0.25) is 0 Å². The van der Waals surface area contributed by atoms with Gasteiger partial charge in [-0.2, -0.15) is 18.4 Å². The number of rotatable bonds is 3. The molecule has 0 aromatic carbocycles. The predicted octanol–water partition coefficient (Wildman–Crippen LogP) is 2.65. The molecule has 0 aliphatic carbocycles. The first-order valence-corrected chi connectivity index (χ1v) is 6.49. The van der Waals surface area contributed by atoms with Crippen LogP contribution in [0, 0.1) is 11.3 Å². The summed E-state index contributed by atoms with van der Waals surface area (Å²) in [5.74, 6) is 0.277. The van der Waals surface area contributed by atoms with Crippen LogP contribution in [-0.2, 0) is 6.18 Å². The lowest BCUT2D eigenvalue weighted by Crippen LogP contribution is -2.26. The summed E-state index contributed by atoms with van der Waals surface area (Å²) >= 11 is 0. The van der Waals surface area contributed by atoms with E-state index in [-0.39, 0.29) is 5.82 Å². The molecule has 1 aromatic heterocycles. The van der Waals surface area contributed by atoms with E-state index < -0.39 is 17.4 Å². The summed E-state index contributed by atoms with van der Waals surface area (Å²) in [6.45, 7) is 2.34. The van der Waals surface area contributed by atoms with E-state index >= 15 is 0 Å². The minimum absolute atomic E-state index is 0.277. The van der Waals surface area contributed by atoms with E-state index in [9.17, 15) is 13.2 Å². The van der Waals surface area contributed by atoms with Crippen LogP contribution in [0.25, 0.3) is 0 Å². The standard InChI is InChI=1S/C14H15F3N4/c1-21-6-4-10(5-7-21)9-19-13-3-2-11(14(15,16)17)12(8-18)20-13/h2-4H,5-7,9H2,1H3,(H,19,20). The van der Waals surface area contributed by atoms with Crippen molar-refractivity contribution >= 4 is 5.82 Å². The molecule has 1 aliphatic rings. The fraction of sp³-hybridized carbons (Fsp3) is 0.429. The molecule has 1 N–H and O–H groups in total. The van der Waals surface area contributed by atoms with E-state index in [0.29, 0.717) is 6.54 Å². The second kappa shape index (κ2) is 6.14. The average molecular weight is 296 g/mol. The molecule has 112 valence electrons. The molecule has 0 radical (unpaired) electrons. The third-order valence-corrected chi connectivity index (χ3v) is 3.31. The monoisotopic (exact) mass is 296 g/mol. The fourth-order valence-electron chi connectivity index (χ4n) is 2.05. The number of nitriles is 1. The number of hydrogen-bond donors (Lipinski definition) is 1. The molecule has 0 bridgehead atoms. The number of nitrogens with zero attached hydrogens (tertiary/aromatic N) is 3. The minimum atomic E-state index is -4.56. The Morgan fingerprint density at radius 3 is 2.76 bits per heavy atom. The predicted molar refractivity (Wildman–Crippen MR) is 72.6 cm³/mol. The smallest absolute Gasteiger partial charge is 0.366 e. The molecule has 0 amide bonds. The van der Waals surface area contributed by atoms with Crippen molar-refractivity contribution in [1.82, 2.24) is 9.88 Å². The van der Waals surface area contributed by atoms with Crippen molar-refractivity contribution in [2.24, 2.45) is 0 Å². The molecule has 0 saturated carbocycles. The molecule has 0 fully saturated rings. The molecule has 2 rings (SSSR count). The first kappa shape index (κ1) is 15.3. The van der Waals surface area contributed by atoms with Gasteiger partial charge in [-0.1, -0.05) is 11.6 Å². The van der Waals surface area contributed by atoms with Crippen LogP contribution in [0.15, 0.2) is 23.8 Å². The SMILES string of the molecule is CN1CC=C(CNc2ccc(C(F)(F)F)c(C#N)n2)CC1. The van der Waals surface area contributed by atoms with Gasteiger partial charge in [0, 0.05) is 19.6 Å². The maximum atomic E-state index is 12.7. The molecular formula is C14H15F3N4. The lowest BCUT2D eigenvalue weighted by atomic mass is 10.1. The second-order valence-electron chi connectivity index (χ2n) is 4.93. The molecule has 21 heavy (non-hydrogen) atoms. The quantitative estimate of drug-likeness (QED) is 0.871. The van der Waals surface area contributed by atoms with Crippen LogP contribution in [0.2, 0.25) is 0 Å². The molecule has 7 heteroatoms. The van der Waals surface area contributed by atoms with Crippen molar-refractivity contribution in [2.45, 2.75) is 12.6 Å². The van der Waals surface area contributed by atoms with Crippen LogP contribution in [0.3, 0.4) is 0 Å². The van der Waals surface area contributed by atoms with Gasteiger partial charge in [-0.05, 0) is 25.6 Å². The zero-order valence-corrected chi connectivity index (χ0v) is 11.5. The van der Waals surface area contributed by atoms with Crippen molar-refractivity contribution in [1.29, 1.82) is 5.26 Å². The number of anilines is 1. The molecule has 0 spiro atoms. The highest BCUT2D eigenvalue weighted by Crippen LogP contribution is 2.31. The number of nitrogens with one attached hydrogen (secondary N) is 1. The van der Waals surface area contributed by atoms with E-state index in [1.807, 2.05) is 7.05 Å². The number of hydrogen-bond acceptors (Lipinski definition) is 4. The van der Waals surface area contributed by atoms with Gasteiger partial charge in [-0.3, -0.25) is 0 Å². The summed E-state index contributed by atoms with van der Waals surface area (Å²) in [7, 11) is 2.03. The average Bonchev–Trinajstić information content (AvgIpc) is 2.45. The topological polar surface area (TPSA) is 52.0 Å². The summed E-state index contributed by atoms with van der Waals surface area (Å²) in [4.78, 5) is 5.90. The van der Waals surface area contributed by atoms with Crippen LogP contribution in [0.1, 0.15) is 17.7 Å². The van der Waals surface area contributed by atoms with Crippen LogP contribution in [-0.4, -0.2) is 36.6 Å². The highest BCUT2D eigenvalue weighted by Gasteiger charge is 2.34. The van der Waals surface area contributed by atoms with Gasteiger partial charge in [0.15, 0.2) is 5.69 Å². The van der Waals surface area contributed by atoms with Crippen molar-refractivity contribution < 1.29 is 13.2 Å². The van der Waals surface area contributed by atoms with E-state index in [0.717, 1.165) is 25.6 Å². The molecule has 0 atom stereocenters. The van der Waals surface area contributed by atoms with Gasteiger partial charge in [0.25, 0.3) is 0 Å². The Bertz CT molecular complexity index is 587. The Labute approximate surface area is 120 Å². The van der Waals surface area contributed by atoms with Crippen molar-refractivity contribution in [3.05, 3.63) is 35.0 Å². The third kappa shape index (κ3) is 3.95. The highest BCUT2D eigenvalue weighted by atomic mass is 19.4. The fourth-order valence-corrected chi connectivity index (χ4v) is 2.05. The van der Waals surface area contributed by atoms with E-state index in [2.05, 4.69) is 21.3 Å². The Kier molecular flexibility index (Phi) is 4.48. The second-order valence-corrected chi connectivity index (χ2v) is 4.93. The van der Waals surface area contributed by atoms with Crippen LogP contribution in [0.4, 0.5) is 19.0 Å². The van der Waals surface area contributed by atoms with Gasteiger partial charge in [0.05, 0.1) is 5.56 Å². The Hall–Kier alpha value is -2.07. The number of alkyl halides is 3. The van der Waals surface area contributed by atoms with Gasteiger partial charge >= 0.3 is 6.18 Å². The van der Waals surface area contributed by atoms with Gasteiger partial charge < -0.3 is 10.2 Å². The molecular weight excluding hydrogens is 281 g/mol. The van der Waals surface area contributed by atoms with Gasteiger partial charge in [0.1, 0.15) is 11.9 Å². The van der Waals surface area contributed by atoms with E-state index in [4.69, 9.17) is 5.26 Å². The van der Waals surface area contributed by atoms with E-state index in [1.54, 1.807) is 0 Å². The van der Waals surface area contributed by atoms with Crippen LogP contribution < -0.4 is 5.32 Å². The summed E-state index contributed by atoms with van der Waals surface area (Å²) in [6, 6.07) is 3.63. The number of likely N-dealkylation sites (N-methyl/N-ethyl adjacent to an activating group) is 1.